The van der Waals surface area contributed by atoms with Crippen molar-refractivity contribution in [3.63, 3.8) is 0 Å². The number of amides is 1. The van der Waals surface area contributed by atoms with Crippen molar-refractivity contribution >= 4 is 16.8 Å². The van der Waals surface area contributed by atoms with Crippen LogP contribution in [0.2, 0.25) is 0 Å². The molecule has 8 nitrogen and oxygen atoms in total. The molecule has 3 aromatic rings. The minimum absolute atomic E-state index is 0.126. The number of carbonyl (C=O) groups excluding carboxylic acids is 1. The van der Waals surface area contributed by atoms with Crippen LogP contribution in [-0.2, 0) is 24.3 Å². The highest BCUT2D eigenvalue weighted by atomic mass is 19.1. The molecule has 1 atom stereocenters. The number of hydrogen-bond acceptors (Lipinski definition) is 5. The van der Waals surface area contributed by atoms with Gasteiger partial charge in [0.1, 0.15) is 18.2 Å². The van der Waals surface area contributed by atoms with Crippen LogP contribution in [0.25, 0.3) is 10.9 Å². The van der Waals surface area contributed by atoms with E-state index in [0.717, 1.165) is 56.4 Å². The Morgan fingerprint density at radius 2 is 2.03 bits per heavy atom. The molecule has 0 N–H and O–H groups in total. The highest BCUT2D eigenvalue weighted by Gasteiger charge is 2.34. The predicted molar refractivity (Wildman–Crippen MR) is 107 cm³/mol. The first-order valence-electron chi connectivity index (χ1n) is 10.5. The molecule has 1 amide bonds. The van der Waals surface area contributed by atoms with E-state index in [1.807, 2.05) is 0 Å². The Morgan fingerprint density at radius 1 is 1.13 bits per heavy atom. The fraction of sp³-hybridized carbons (Fsp3) is 0.476. The quantitative estimate of drug-likeness (QED) is 0.661. The zero-order valence-electron chi connectivity index (χ0n) is 16.6. The second kappa shape index (κ2) is 7.62. The molecular formula is C21H23FN6O2. The van der Waals surface area contributed by atoms with Crippen LogP contribution < -0.4 is 5.56 Å². The first-order valence-corrected chi connectivity index (χ1v) is 10.5. The van der Waals surface area contributed by atoms with Crippen LogP contribution in [-0.4, -0.2) is 41.7 Å². The van der Waals surface area contributed by atoms with Gasteiger partial charge in [-0.15, -0.1) is 10.2 Å². The number of aromatic nitrogens is 5. The molecule has 0 bridgehead atoms. The lowest BCUT2D eigenvalue weighted by molar-refractivity contribution is -0.133. The Balaban J connectivity index is 1.41. The van der Waals surface area contributed by atoms with Gasteiger partial charge in [-0.3, -0.25) is 14.2 Å². The van der Waals surface area contributed by atoms with Crippen molar-refractivity contribution in [3.8, 4) is 0 Å². The average molecular weight is 410 g/mol. The Labute approximate surface area is 172 Å². The topological polar surface area (TPSA) is 85.9 Å². The van der Waals surface area contributed by atoms with E-state index in [0.29, 0.717) is 12.1 Å². The Kier molecular flexibility index (Phi) is 4.80. The molecule has 156 valence electrons. The van der Waals surface area contributed by atoms with Crippen LogP contribution in [0.15, 0.2) is 29.3 Å². The van der Waals surface area contributed by atoms with Crippen LogP contribution in [0.1, 0.15) is 49.8 Å². The maximum Gasteiger partial charge on any atom is 0.261 e. The minimum atomic E-state index is -0.502. The molecule has 0 saturated carbocycles. The number of likely N-dealkylation sites (tertiary alicyclic amines) is 1. The van der Waals surface area contributed by atoms with Crippen molar-refractivity contribution in [1.29, 1.82) is 0 Å². The standard InChI is InChI=1S/C21H23FN6O2/c22-14-7-8-16-15(11-14)21(30)26(13-23-16)12-19(29)27-10-4-5-17(27)20-25-24-18-6-2-1-3-9-28(18)20/h7-8,11,13,17H,1-6,9-10,12H2/t17-/m1/s1. The van der Waals surface area contributed by atoms with E-state index in [9.17, 15) is 14.0 Å². The summed E-state index contributed by atoms with van der Waals surface area (Å²) in [4.78, 5) is 31.8. The second-order valence-electron chi connectivity index (χ2n) is 8.02. The third-order valence-electron chi connectivity index (χ3n) is 6.10. The van der Waals surface area contributed by atoms with E-state index in [1.165, 1.54) is 29.4 Å². The van der Waals surface area contributed by atoms with Crippen molar-refractivity contribution in [1.82, 2.24) is 29.2 Å². The second-order valence-corrected chi connectivity index (χ2v) is 8.02. The van der Waals surface area contributed by atoms with E-state index in [2.05, 4.69) is 19.7 Å². The monoisotopic (exact) mass is 410 g/mol. The molecular weight excluding hydrogens is 387 g/mol. The fourth-order valence-corrected chi connectivity index (χ4v) is 4.57. The van der Waals surface area contributed by atoms with Crippen LogP contribution in [0.3, 0.4) is 0 Å². The lowest BCUT2D eigenvalue weighted by atomic mass is 10.2. The SMILES string of the molecule is O=C(Cn1cnc2ccc(F)cc2c1=O)N1CCC[C@@H]1c1nnc2n1CCCCC2. The van der Waals surface area contributed by atoms with Gasteiger partial charge >= 0.3 is 0 Å². The smallest absolute Gasteiger partial charge is 0.261 e. The molecule has 30 heavy (non-hydrogen) atoms. The highest BCUT2D eigenvalue weighted by molar-refractivity contribution is 5.79. The van der Waals surface area contributed by atoms with Gasteiger partial charge in [0.05, 0.1) is 23.3 Å². The number of nitrogens with zero attached hydrogens (tertiary/aromatic N) is 6. The number of fused-ring (bicyclic) bond motifs is 2. The Morgan fingerprint density at radius 3 is 2.93 bits per heavy atom. The maximum absolute atomic E-state index is 13.6. The summed E-state index contributed by atoms with van der Waals surface area (Å²) in [5.41, 5.74) is -0.00441. The van der Waals surface area contributed by atoms with Crippen LogP contribution in [0.5, 0.6) is 0 Å². The van der Waals surface area contributed by atoms with E-state index in [-0.39, 0.29) is 23.9 Å². The zero-order valence-corrected chi connectivity index (χ0v) is 16.6. The average Bonchev–Trinajstić information content (AvgIpc) is 3.31. The number of rotatable bonds is 3. The van der Waals surface area contributed by atoms with Gasteiger partial charge in [-0.1, -0.05) is 6.42 Å². The molecule has 2 aromatic heterocycles. The van der Waals surface area contributed by atoms with E-state index >= 15 is 0 Å². The summed E-state index contributed by atoms with van der Waals surface area (Å²) < 4.78 is 17.0. The zero-order chi connectivity index (χ0) is 20.7. The molecule has 2 aliphatic heterocycles. The largest absolute Gasteiger partial charge is 0.331 e. The van der Waals surface area contributed by atoms with Crippen molar-refractivity contribution in [2.45, 2.75) is 57.7 Å². The van der Waals surface area contributed by atoms with Crippen molar-refractivity contribution in [2.24, 2.45) is 0 Å². The van der Waals surface area contributed by atoms with Gasteiger partial charge in [0, 0.05) is 19.5 Å². The first kappa shape index (κ1) is 18.9. The molecule has 2 aliphatic rings. The molecule has 0 radical (unpaired) electrons. The third kappa shape index (κ3) is 3.28. The van der Waals surface area contributed by atoms with Crippen LogP contribution in [0, 0.1) is 5.82 Å². The number of benzene rings is 1. The summed E-state index contributed by atoms with van der Waals surface area (Å²) in [5, 5.41) is 8.97. The third-order valence-corrected chi connectivity index (χ3v) is 6.10. The van der Waals surface area contributed by atoms with Gasteiger partial charge in [-0.25, -0.2) is 9.37 Å². The lowest BCUT2D eigenvalue weighted by Gasteiger charge is -2.25. The van der Waals surface area contributed by atoms with E-state index < -0.39 is 11.4 Å². The van der Waals surface area contributed by atoms with Crippen molar-refractivity contribution in [3.05, 3.63) is 52.3 Å². The number of aryl methyl sites for hydroxylation is 1. The van der Waals surface area contributed by atoms with Gasteiger partial charge in [-0.05, 0) is 43.9 Å². The molecule has 5 rings (SSSR count). The molecule has 9 heteroatoms. The molecule has 1 aromatic carbocycles. The lowest BCUT2D eigenvalue weighted by Crippen LogP contribution is -2.37. The Hall–Kier alpha value is -3.10. The van der Waals surface area contributed by atoms with Gasteiger partial charge in [0.25, 0.3) is 5.56 Å². The van der Waals surface area contributed by atoms with E-state index in [1.54, 1.807) is 4.90 Å². The van der Waals surface area contributed by atoms with Crippen molar-refractivity contribution in [2.75, 3.05) is 6.54 Å². The highest BCUT2D eigenvalue weighted by Crippen LogP contribution is 2.32. The normalized spacial score (nSPS) is 19.1. The minimum Gasteiger partial charge on any atom is -0.331 e. The summed E-state index contributed by atoms with van der Waals surface area (Å²) in [7, 11) is 0. The summed E-state index contributed by atoms with van der Waals surface area (Å²) in [5.74, 6) is 1.18. The van der Waals surface area contributed by atoms with Gasteiger partial charge in [0.2, 0.25) is 5.91 Å². The van der Waals surface area contributed by atoms with Gasteiger partial charge < -0.3 is 9.47 Å². The van der Waals surface area contributed by atoms with Crippen LogP contribution >= 0.6 is 0 Å². The number of halogens is 1. The molecule has 4 heterocycles. The molecule has 0 spiro atoms. The Bertz CT molecular complexity index is 1170. The van der Waals surface area contributed by atoms with Gasteiger partial charge in [0.15, 0.2) is 5.82 Å². The van der Waals surface area contributed by atoms with Crippen molar-refractivity contribution < 1.29 is 9.18 Å². The van der Waals surface area contributed by atoms with E-state index in [4.69, 9.17) is 0 Å². The number of hydrogen-bond donors (Lipinski definition) is 0. The molecule has 0 unspecified atom stereocenters. The maximum atomic E-state index is 13.6. The van der Waals surface area contributed by atoms with Gasteiger partial charge in [-0.2, -0.15) is 0 Å². The fourth-order valence-electron chi connectivity index (χ4n) is 4.57. The summed E-state index contributed by atoms with van der Waals surface area (Å²) in [6, 6.07) is 3.76. The summed E-state index contributed by atoms with van der Waals surface area (Å²) in [6.07, 6.45) is 7.37. The molecule has 0 aliphatic carbocycles. The summed E-state index contributed by atoms with van der Waals surface area (Å²) in [6.45, 7) is 1.38. The predicted octanol–water partition coefficient (Wildman–Crippen LogP) is 2.22. The summed E-state index contributed by atoms with van der Waals surface area (Å²) >= 11 is 0. The van der Waals surface area contributed by atoms with Crippen LogP contribution in [0.4, 0.5) is 4.39 Å². The molecule has 1 fully saturated rings. The molecule has 1 saturated heterocycles. The first-order chi connectivity index (χ1) is 14.6. The number of carbonyl (C=O) groups is 1.